The molecule has 3 heteroatoms. The summed E-state index contributed by atoms with van der Waals surface area (Å²) in [4.78, 5) is 11.7. The highest BCUT2D eigenvalue weighted by Crippen LogP contribution is 2.32. The highest BCUT2D eigenvalue weighted by atomic mass is 19.1. The zero-order valence-corrected chi connectivity index (χ0v) is 9.82. The van der Waals surface area contributed by atoms with E-state index < -0.39 is 0 Å². The number of Topliss-reactive ketones (excluding diaryl/α,β-unsaturated/α-hetero) is 1. The summed E-state index contributed by atoms with van der Waals surface area (Å²) in [6.45, 7) is 1.21. The van der Waals surface area contributed by atoms with E-state index >= 15 is 0 Å². The molecule has 1 saturated carbocycles. The fraction of sp³-hybridized carbons (Fsp3) is 0.500. The van der Waals surface area contributed by atoms with Crippen LogP contribution in [0.15, 0.2) is 24.3 Å². The predicted molar refractivity (Wildman–Crippen MR) is 63.5 cm³/mol. The van der Waals surface area contributed by atoms with Crippen LogP contribution >= 0.6 is 0 Å². The van der Waals surface area contributed by atoms with Gasteiger partial charge in [-0.3, -0.25) is 4.79 Å². The first kappa shape index (κ1) is 12.2. The Balaban J connectivity index is 1.64. The number of rotatable bonds is 7. The van der Waals surface area contributed by atoms with E-state index in [1.165, 1.54) is 37.1 Å². The summed E-state index contributed by atoms with van der Waals surface area (Å²) < 4.78 is 18.1. The van der Waals surface area contributed by atoms with Crippen LogP contribution in [0.5, 0.6) is 0 Å². The van der Waals surface area contributed by atoms with E-state index in [1.54, 1.807) is 0 Å². The van der Waals surface area contributed by atoms with E-state index in [0.29, 0.717) is 18.6 Å². The normalized spacial score (nSPS) is 14.9. The van der Waals surface area contributed by atoms with Gasteiger partial charge in [0.2, 0.25) is 0 Å². The summed E-state index contributed by atoms with van der Waals surface area (Å²) in [5.41, 5.74) is 0.553. The zero-order chi connectivity index (χ0) is 12.1. The average Bonchev–Trinajstić information content (AvgIpc) is 3.13. The standard InChI is InChI=1S/C14H17FO2/c15-13-5-3-12(4-6-13)14(16)8-10-17-9-7-11-1-2-11/h3-6,11H,1-2,7-10H2. The summed E-state index contributed by atoms with van der Waals surface area (Å²) in [5.74, 6) is 0.557. The second kappa shape index (κ2) is 5.92. The van der Waals surface area contributed by atoms with E-state index in [0.717, 1.165) is 18.9 Å². The topological polar surface area (TPSA) is 26.3 Å². The Labute approximate surface area is 101 Å². The molecule has 0 aliphatic heterocycles. The average molecular weight is 236 g/mol. The molecule has 2 nitrogen and oxygen atoms in total. The van der Waals surface area contributed by atoms with Crippen LogP contribution in [0.4, 0.5) is 4.39 Å². The maximum atomic E-state index is 12.6. The minimum absolute atomic E-state index is 0.0106. The van der Waals surface area contributed by atoms with Gasteiger partial charge in [-0.05, 0) is 36.6 Å². The van der Waals surface area contributed by atoms with Crippen LogP contribution < -0.4 is 0 Å². The number of benzene rings is 1. The molecule has 0 amide bonds. The van der Waals surface area contributed by atoms with Gasteiger partial charge in [-0.1, -0.05) is 12.8 Å². The van der Waals surface area contributed by atoms with Crippen molar-refractivity contribution in [2.75, 3.05) is 13.2 Å². The molecule has 1 fully saturated rings. The first-order valence-corrected chi connectivity index (χ1v) is 6.12. The maximum absolute atomic E-state index is 12.6. The molecule has 92 valence electrons. The van der Waals surface area contributed by atoms with E-state index in [2.05, 4.69) is 0 Å². The Morgan fingerprint density at radius 3 is 2.59 bits per heavy atom. The van der Waals surface area contributed by atoms with Crippen LogP contribution in [0.1, 0.15) is 36.0 Å². The van der Waals surface area contributed by atoms with Gasteiger partial charge in [-0.2, -0.15) is 0 Å². The number of halogens is 1. The molecule has 0 heterocycles. The molecule has 0 bridgehead atoms. The summed E-state index contributed by atoms with van der Waals surface area (Å²) in [6.07, 6.45) is 4.15. The van der Waals surface area contributed by atoms with Gasteiger partial charge in [0.1, 0.15) is 5.82 Å². The second-order valence-corrected chi connectivity index (χ2v) is 4.52. The molecule has 0 N–H and O–H groups in total. The van der Waals surface area contributed by atoms with Gasteiger partial charge in [-0.25, -0.2) is 4.39 Å². The Morgan fingerprint density at radius 1 is 1.24 bits per heavy atom. The number of hydrogen-bond acceptors (Lipinski definition) is 2. The number of carbonyl (C=O) groups excluding carboxylic acids is 1. The molecule has 1 aromatic carbocycles. The van der Waals surface area contributed by atoms with Crippen LogP contribution in [-0.4, -0.2) is 19.0 Å². The molecule has 0 spiro atoms. The Bertz CT molecular complexity index is 368. The minimum atomic E-state index is -0.317. The lowest BCUT2D eigenvalue weighted by molar-refractivity contribution is 0.0868. The van der Waals surface area contributed by atoms with Gasteiger partial charge >= 0.3 is 0 Å². The first-order valence-electron chi connectivity index (χ1n) is 6.12. The molecule has 0 radical (unpaired) electrons. The first-order chi connectivity index (χ1) is 8.25. The second-order valence-electron chi connectivity index (χ2n) is 4.52. The highest BCUT2D eigenvalue weighted by Gasteiger charge is 2.20. The third-order valence-corrected chi connectivity index (χ3v) is 3.01. The van der Waals surface area contributed by atoms with Crippen molar-refractivity contribution in [2.45, 2.75) is 25.7 Å². The third-order valence-electron chi connectivity index (χ3n) is 3.01. The molecule has 1 aromatic rings. The van der Waals surface area contributed by atoms with Gasteiger partial charge in [-0.15, -0.1) is 0 Å². The molecule has 2 rings (SSSR count). The molecule has 0 saturated heterocycles. The van der Waals surface area contributed by atoms with E-state index in [9.17, 15) is 9.18 Å². The Hall–Kier alpha value is -1.22. The number of carbonyl (C=O) groups is 1. The van der Waals surface area contributed by atoms with Crippen LogP contribution in [0.25, 0.3) is 0 Å². The number of hydrogen-bond donors (Lipinski definition) is 0. The monoisotopic (exact) mass is 236 g/mol. The van der Waals surface area contributed by atoms with E-state index in [1.807, 2.05) is 0 Å². The van der Waals surface area contributed by atoms with Crippen molar-refractivity contribution >= 4 is 5.78 Å². The largest absolute Gasteiger partial charge is 0.381 e. The lowest BCUT2D eigenvalue weighted by atomic mass is 10.1. The zero-order valence-electron chi connectivity index (χ0n) is 9.82. The van der Waals surface area contributed by atoms with Crippen molar-refractivity contribution in [2.24, 2.45) is 5.92 Å². The molecule has 0 atom stereocenters. The number of ketones is 1. The Kier molecular flexibility index (Phi) is 4.26. The van der Waals surface area contributed by atoms with Crippen molar-refractivity contribution in [1.82, 2.24) is 0 Å². The molecule has 1 aliphatic rings. The molecular formula is C14H17FO2. The summed E-state index contributed by atoms with van der Waals surface area (Å²) in [7, 11) is 0. The highest BCUT2D eigenvalue weighted by molar-refractivity contribution is 5.96. The van der Waals surface area contributed by atoms with Crippen molar-refractivity contribution in [3.63, 3.8) is 0 Å². The SMILES string of the molecule is O=C(CCOCCC1CC1)c1ccc(F)cc1. The van der Waals surface area contributed by atoms with Crippen LogP contribution in [0.3, 0.4) is 0 Å². The lowest BCUT2D eigenvalue weighted by Gasteiger charge is -2.03. The molecule has 1 aliphatic carbocycles. The maximum Gasteiger partial charge on any atom is 0.165 e. The molecule has 0 aromatic heterocycles. The minimum Gasteiger partial charge on any atom is -0.381 e. The quantitative estimate of drug-likeness (QED) is 0.536. The van der Waals surface area contributed by atoms with Crippen LogP contribution in [-0.2, 0) is 4.74 Å². The summed E-state index contributed by atoms with van der Waals surface area (Å²) in [5, 5.41) is 0. The van der Waals surface area contributed by atoms with Gasteiger partial charge in [0.05, 0.1) is 6.61 Å². The van der Waals surface area contributed by atoms with Crippen molar-refractivity contribution in [3.05, 3.63) is 35.6 Å². The Morgan fingerprint density at radius 2 is 1.94 bits per heavy atom. The van der Waals surface area contributed by atoms with Crippen LogP contribution in [0.2, 0.25) is 0 Å². The smallest absolute Gasteiger partial charge is 0.165 e. The predicted octanol–water partition coefficient (Wildman–Crippen LogP) is 3.22. The van der Waals surface area contributed by atoms with E-state index in [-0.39, 0.29) is 11.6 Å². The lowest BCUT2D eigenvalue weighted by Crippen LogP contribution is -2.06. The molecule has 17 heavy (non-hydrogen) atoms. The summed E-state index contributed by atoms with van der Waals surface area (Å²) in [6, 6.07) is 5.64. The fourth-order valence-corrected chi connectivity index (χ4v) is 1.70. The van der Waals surface area contributed by atoms with Gasteiger partial charge in [0.15, 0.2) is 5.78 Å². The van der Waals surface area contributed by atoms with Gasteiger partial charge < -0.3 is 4.74 Å². The number of ether oxygens (including phenoxy) is 1. The third kappa shape index (κ3) is 4.27. The van der Waals surface area contributed by atoms with Crippen molar-refractivity contribution in [3.8, 4) is 0 Å². The fourth-order valence-electron chi connectivity index (χ4n) is 1.70. The van der Waals surface area contributed by atoms with Crippen molar-refractivity contribution in [1.29, 1.82) is 0 Å². The molecule has 0 unspecified atom stereocenters. The van der Waals surface area contributed by atoms with Crippen LogP contribution in [0, 0.1) is 11.7 Å². The van der Waals surface area contributed by atoms with E-state index in [4.69, 9.17) is 4.74 Å². The summed E-state index contributed by atoms with van der Waals surface area (Å²) >= 11 is 0. The van der Waals surface area contributed by atoms with Gasteiger partial charge in [0, 0.05) is 18.6 Å². The molecular weight excluding hydrogens is 219 g/mol. The van der Waals surface area contributed by atoms with Crippen molar-refractivity contribution < 1.29 is 13.9 Å². The van der Waals surface area contributed by atoms with Gasteiger partial charge in [0.25, 0.3) is 0 Å².